The first-order valence-electron chi connectivity index (χ1n) is 35.1. The molecule has 3 fully saturated rings. The number of aliphatic hydroxyl groups is 9. The lowest BCUT2D eigenvalue weighted by Crippen LogP contribution is -2.60. The number of hydrogen-bond donors (Lipinski definition) is 19. The summed E-state index contributed by atoms with van der Waals surface area (Å²) >= 11 is 0. The van der Waals surface area contributed by atoms with Crippen LogP contribution in [0.3, 0.4) is 0 Å². The van der Waals surface area contributed by atoms with Crippen LogP contribution < -0.4 is 53.6 Å². The van der Waals surface area contributed by atoms with E-state index in [0.29, 0.717) is 94.9 Å². The fourth-order valence-electron chi connectivity index (χ4n) is 11.9. The SMILES string of the molecule is CC(=O)N[C@@H]1[C@@H](O)[C@@H](O)[C@@H](CO)O[C@@H]1c1ccn(CCOCCOCCNC(=O)NCCCC(N)(CCCNC(=O)NCCOCCOCCn2ccc([C@H]3O[C@H](CO)[C@H](O)[C@H](O)[C@H]3NC(C)=O)n2)CCCNC(=O)NCCOCCOCCn2ccc([C@H]3O[C@H](CO)[C@H](O)[C@H](O)[C@H]3NC(C)=O)n2)n1. The molecule has 40 nitrogen and oxygen atoms in total. The number of aromatic nitrogens is 6. The first kappa shape index (κ1) is 86.0. The number of urea groups is 3. The van der Waals surface area contributed by atoms with Gasteiger partial charge in [-0.1, -0.05) is 0 Å². The fraction of sp³-hybridized carbons (Fsp3) is 0.766. The molecule has 0 unspecified atom stereocenters. The second-order valence-corrected chi connectivity index (χ2v) is 25.4. The monoisotopic (exact) mass is 1490 g/mol. The third-order valence-corrected chi connectivity index (χ3v) is 17.3. The van der Waals surface area contributed by atoms with Crippen molar-refractivity contribution in [3.63, 3.8) is 0 Å². The van der Waals surface area contributed by atoms with Gasteiger partial charge in [-0.25, -0.2) is 14.4 Å². The minimum Gasteiger partial charge on any atom is -0.394 e. The van der Waals surface area contributed by atoms with E-state index in [9.17, 15) is 74.7 Å². The average molecular weight is 1490 g/mol. The number of nitrogens with zero attached hydrogens (tertiary/aromatic N) is 6. The van der Waals surface area contributed by atoms with Gasteiger partial charge in [0, 0.05) is 84.2 Å². The maximum absolute atomic E-state index is 12.7. The van der Waals surface area contributed by atoms with Crippen LogP contribution in [0.15, 0.2) is 36.8 Å². The number of ether oxygens (including phenoxy) is 9. The molecule has 20 N–H and O–H groups in total. The Hall–Kier alpha value is -6.91. The van der Waals surface area contributed by atoms with Crippen molar-refractivity contribution < 1.29 is 117 Å². The second-order valence-electron chi connectivity index (χ2n) is 25.4. The van der Waals surface area contributed by atoms with E-state index in [-0.39, 0.29) is 98.9 Å². The standard InChI is InChI=1S/C64H110N16O24/c1-40(84)72-49-55(90)52(87)46(37-81)102-58(49)43-7-19-78(75-43)22-28-99-34-31-96-25-16-69-61(93)66-13-4-10-64(65,11-5-14-67-62(94)70-17-26-97-32-35-100-29-23-79-20-8-44(76-79)59-50(73-41(2)85)56(91)53(88)47(38-82)103-59)12-6-15-68-63(95)71-18-27-98-33-36-101-30-24-80-21-9-45(77-80)60-51(74-42(3)86)57(92)54(89)48(39-83)104-60/h7-9,19-21,46-60,81-83,87-92H,4-6,10-18,22-39,65H2,1-3H3,(H,72,84)(H,73,85)(H,74,86)(H2,66,69,93)(H2,67,70,94)(H2,68,71,95)/t46-,47-,48-,49-,50-,51-,52+,53+,54+,55-,56-,57-,58-,59-,60-/m1/s1. The van der Waals surface area contributed by atoms with E-state index < -0.39 is 153 Å². The van der Waals surface area contributed by atoms with Crippen LogP contribution in [-0.2, 0) is 76.6 Å². The number of rotatable bonds is 48. The molecule has 0 bridgehead atoms. The van der Waals surface area contributed by atoms with Gasteiger partial charge in [0.2, 0.25) is 17.7 Å². The Morgan fingerprint density at radius 3 is 0.904 bits per heavy atom. The summed E-state index contributed by atoms with van der Waals surface area (Å²) < 4.78 is 56.1. The van der Waals surface area contributed by atoms with Crippen LogP contribution in [0.5, 0.6) is 0 Å². The number of aliphatic hydroxyl groups excluding tert-OH is 9. The minimum absolute atomic E-state index is 0.223. The molecular weight excluding hydrogens is 1380 g/mol. The highest BCUT2D eigenvalue weighted by Gasteiger charge is 2.49. The van der Waals surface area contributed by atoms with Gasteiger partial charge in [0.05, 0.1) is 154 Å². The largest absolute Gasteiger partial charge is 0.394 e. The molecule has 3 aromatic heterocycles. The van der Waals surface area contributed by atoms with Crippen molar-refractivity contribution in [1.82, 2.24) is 77.2 Å². The van der Waals surface area contributed by atoms with Crippen LogP contribution in [0, 0.1) is 0 Å². The Labute approximate surface area is 602 Å². The minimum atomic E-state index is -1.41. The Balaban J connectivity index is 0.828. The highest BCUT2D eigenvalue weighted by Crippen LogP contribution is 2.35. The Bertz CT molecular complexity index is 2690. The molecule has 9 amide bonds. The Morgan fingerprint density at radius 1 is 0.404 bits per heavy atom. The molecule has 0 aliphatic carbocycles. The Kier molecular flexibility index (Phi) is 38.2. The predicted octanol–water partition coefficient (Wildman–Crippen LogP) is -6.31. The highest BCUT2D eigenvalue weighted by molar-refractivity contribution is 5.75. The summed E-state index contributed by atoms with van der Waals surface area (Å²) in [4.78, 5) is 73.6. The van der Waals surface area contributed by atoms with E-state index >= 15 is 0 Å². The molecule has 104 heavy (non-hydrogen) atoms. The molecule has 0 aromatic carbocycles. The molecule has 0 saturated carbocycles. The number of carbonyl (C=O) groups excluding carboxylic acids is 6. The molecule has 3 saturated heterocycles. The van der Waals surface area contributed by atoms with Crippen molar-refractivity contribution in [3.05, 3.63) is 53.9 Å². The maximum Gasteiger partial charge on any atom is 0.314 e. The van der Waals surface area contributed by atoms with Crippen LogP contribution in [0.1, 0.15) is 94.7 Å². The quantitative estimate of drug-likeness (QED) is 0.0234. The molecule has 3 aliphatic rings. The van der Waals surface area contributed by atoms with E-state index in [1.165, 1.54) is 20.8 Å². The highest BCUT2D eigenvalue weighted by atomic mass is 16.6. The maximum atomic E-state index is 12.7. The van der Waals surface area contributed by atoms with Gasteiger partial charge in [-0.05, 0) is 56.7 Å². The summed E-state index contributed by atoms with van der Waals surface area (Å²) in [6, 6.07) is 0.797. The third kappa shape index (κ3) is 29.1. The van der Waals surface area contributed by atoms with Gasteiger partial charge in [0.25, 0.3) is 0 Å². The number of amides is 9. The topological polar surface area (TPSA) is 555 Å². The summed E-state index contributed by atoms with van der Waals surface area (Å²) in [5, 5.41) is 130. The summed E-state index contributed by atoms with van der Waals surface area (Å²) in [5.74, 6) is -1.32. The Morgan fingerprint density at radius 2 is 0.654 bits per heavy atom. The second kappa shape index (κ2) is 46.2. The van der Waals surface area contributed by atoms with Gasteiger partial charge in [0.15, 0.2) is 0 Å². The molecule has 15 atom stereocenters. The van der Waals surface area contributed by atoms with Gasteiger partial charge in [0.1, 0.15) is 73.2 Å². The lowest BCUT2D eigenvalue weighted by atomic mass is 9.85. The number of carbonyl (C=O) groups is 6. The van der Waals surface area contributed by atoms with Gasteiger partial charge in [-0.15, -0.1) is 0 Å². The predicted molar refractivity (Wildman–Crippen MR) is 363 cm³/mol. The van der Waals surface area contributed by atoms with Crippen LogP contribution in [0.2, 0.25) is 0 Å². The van der Waals surface area contributed by atoms with Crippen molar-refractivity contribution in [3.8, 4) is 0 Å². The summed E-state index contributed by atoms with van der Waals surface area (Å²) in [7, 11) is 0. The van der Waals surface area contributed by atoms with Gasteiger partial charge in [-0.3, -0.25) is 28.4 Å². The first-order chi connectivity index (χ1) is 50.0. The van der Waals surface area contributed by atoms with E-state index in [0.717, 1.165) is 0 Å². The fourth-order valence-corrected chi connectivity index (χ4v) is 11.9. The normalized spacial score (nSPS) is 24.8. The zero-order valence-corrected chi connectivity index (χ0v) is 59.2. The lowest BCUT2D eigenvalue weighted by molar-refractivity contribution is -0.198. The zero-order chi connectivity index (χ0) is 75.4. The first-order valence-corrected chi connectivity index (χ1v) is 35.1. The average Bonchev–Trinajstić information content (AvgIpc) is 1.79. The molecule has 3 aliphatic heterocycles. The molecule has 590 valence electrons. The molecular formula is C64H110N16O24. The third-order valence-electron chi connectivity index (χ3n) is 17.3. The van der Waals surface area contributed by atoms with Crippen molar-refractivity contribution in [1.29, 1.82) is 0 Å². The molecule has 6 rings (SSSR count). The van der Waals surface area contributed by atoms with E-state index in [1.807, 2.05) is 0 Å². The molecule has 40 heteroatoms. The van der Waals surface area contributed by atoms with Crippen molar-refractivity contribution >= 4 is 35.8 Å². The van der Waals surface area contributed by atoms with E-state index in [1.54, 1.807) is 50.8 Å². The molecule has 3 aromatic rings. The number of nitrogens with one attached hydrogen (secondary N) is 9. The molecule has 0 radical (unpaired) electrons. The van der Waals surface area contributed by atoms with Gasteiger partial charge in [-0.2, -0.15) is 15.3 Å². The van der Waals surface area contributed by atoms with Crippen LogP contribution in [0.4, 0.5) is 14.4 Å². The van der Waals surface area contributed by atoms with Crippen molar-refractivity contribution in [2.45, 2.75) is 176 Å². The van der Waals surface area contributed by atoms with Crippen LogP contribution in [-0.4, -0.2) is 328 Å². The van der Waals surface area contributed by atoms with E-state index in [4.69, 9.17) is 48.4 Å². The molecule has 6 heterocycles. The van der Waals surface area contributed by atoms with Crippen molar-refractivity contribution in [2.75, 3.05) is 138 Å². The summed E-state index contributed by atoms with van der Waals surface area (Å²) in [5.41, 5.74) is 7.45. The summed E-state index contributed by atoms with van der Waals surface area (Å²) in [6.45, 7) is 7.96. The smallest absolute Gasteiger partial charge is 0.314 e. The summed E-state index contributed by atoms with van der Waals surface area (Å²) in [6.07, 6.45) is -6.23. The van der Waals surface area contributed by atoms with Crippen LogP contribution >= 0.6 is 0 Å². The van der Waals surface area contributed by atoms with Crippen molar-refractivity contribution in [2.24, 2.45) is 5.73 Å². The number of nitrogens with two attached hydrogens (primary N) is 1. The molecule has 0 spiro atoms. The van der Waals surface area contributed by atoms with Crippen LogP contribution in [0.25, 0.3) is 0 Å². The van der Waals surface area contributed by atoms with E-state index in [2.05, 4.69) is 63.1 Å². The lowest BCUT2D eigenvalue weighted by Gasteiger charge is -2.42. The van der Waals surface area contributed by atoms with Gasteiger partial charge < -0.3 is 142 Å². The number of hydrogen-bond acceptors (Lipinski definition) is 28. The van der Waals surface area contributed by atoms with Gasteiger partial charge >= 0.3 is 18.1 Å². The zero-order valence-electron chi connectivity index (χ0n) is 59.2.